The highest BCUT2D eigenvalue weighted by molar-refractivity contribution is 7.99. The molecule has 0 aliphatic carbocycles. The summed E-state index contributed by atoms with van der Waals surface area (Å²) in [5.74, 6) is 1.99. The van der Waals surface area contributed by atoms with Crippen LogP contribution in [-0.4, -0.2) is 43.9 Å². The zero-order valence-corrected chi connectivity index (χ0v) is 20.7. The van der Waals surface area contributed by atoms with E-state index in [1.54, 1.807) is 6.20 Å². The fraction of sp³-hybridized carbons (Fsp3) is 0.375. The van der Waals surface area contributed by atoms with Crippen LogP contribution in [0.5, 0.6) is 5.75 Å². The van der Waals surface area contributed by atoms with Gasteiger partial charge >= 0.3 is 0 Å². The van der Waals surface area contributed by atoms with Crippen LogP contribution in [0.4, 0.5) is 5.82 Å². The van der Waals surface area contributed by atoms with E-state index in [1.165, 1.54) is 17.3 Å². The van der Waals surface area contributed by atoms with Crippen LogP contribution >= 0.6 is 11.8 Å². The van der Waals surface area contributed by atoms with Gasteiger partial charge in [-0.1, -0.05) is 43.8 Å². The van der Waals surface area contributed by atoms with Crippen molar-refractivity contribution in [3.63, 3.8) is 0 Å². The molecule has 2 aromatic heterocycles. The summed E-state index contributed by atoms with van der Waals surface area (Å²) in [4.78, 5) is 28.7. The van der Waals surface area contributed by atoms with Crippen molar-refractivity contribution in [1.29, 1.82) is 0 Å². The molecule has 0 fully saturated rings. The SMILES string of the molecule is CCn1c(CNC(=O)COc2ccc(C(C)C)cc2)nnc1SCC(=O)Nc1ncccc1C. The standard InChI is InChI=1S/C24H30N6O3S/c1-5-30-20(13-26-21(31)14-33-19-10-8-18(9-11-19)16(2)3)28-29-24(30)34-15-22(32)27-23-17(4)7-6-12-25-23/h6-12,16H,5,13-15H2,1-4H3,(H,26,31)(H,25,27,32). The van der Waals surface area contributed by atoms with Crippen LogP contribution in [0.2, 0.25) is 0 Å². The number of amides is 2. The Hall–Kier alpha value is -3.40. The zero-order chi connectivity index (χ0) is 24.5. The predicted molar refractivity (Wildman–Crippen MR) is 132 cm³/mol. The molecule has 0 radical (unpaired) electrons. The molecule has 10 heteroatoms. The molecule has 2 amide bonds. The van der Waals surface area contributed by atoms with Gasteiger partial charge in [-0.15, -0.1) is 10.2 Å². The van der Waals surface area contributed by atoms with Crippen LogP contribution in [-0.2, 0) is 22.7 Å². The highest BCUT2D eigenvalue weighted by Gasteiger charge is 2.15. The number of hydrogen-bond donors (Lipinski definition) is 2. The Labute approximate surface area is 203 Å². The van der Waals surface area contributed by atoms with Gasteiger partial charge in [0.1, 0.15) is 11.6 Å². The molecule has 2 N–H and O–H groups in total. The Morgan fingerprint density at radius 1 is 1.12 bits per heavy atom. The summed E-state index contributed by atoms with van der Waals surface area (Å²) in [5, 5.41) is 14.6. The fourth-order valence-electron chi connectivity index (χ4n) is 3.12. The molecular formula is C24H30N6O3S. The van der Waals surface area contributed by atoms with E-state index in [0.717, 1.165) is 5.56 Å². The summed E-state index contributed by atoms with van der Waals surface area (Å²) in [6.45, 7) is 8.84. The molecule has 0 unspecified atom stereocenters. The van der Waals surface area contributed by atoms with Crippen LogP contribution in [0.1, 0.15) is 43.6 Å². The normalized spacial score (nSPS) is 10.9. The van der Waals surface area contributed by atoms with Crippen molar-refractivity contribution < 1.29 is 14.3 Å². The number of aryl methyl sites for hydroxylation is 1. The maximum Gasteiger partial charge on any atom is 0.258 e. The van der Waals surface area contributed by atoms with Gasteiger partial charge in [-0.3, -0.25) is 9.59 Å². The molecule has 0 saturated heterocycles. The van der Waals surface area contributed by atoms with Crippen LogP contribution in [0.15, 0.2) is 47.8 Å². The molecule has 0 aliphatic heterocycles. The molecule has 0 aliphatic rings. The smallest absolute Gasteiger partial charge is 0.258 e. The minimum absolute atomic E-state index is 0.0873. The molecule has 180 valence electrons. The number of anilines is 1. The van der Waals surface area contributed by atoms with Crippen LogP contribution in [0.3, 0.4) is 0 Å². The minimum atomic E-state index is -0.252. The lowest BCUT2D eigenvalue weighted by Crippen LogP contribution is -2.29. The lowest BCUT2D eigenvalue weighted by Gasteiger charge is -2.10. The number of carbonyl (C=O) groups is 2. The number of benzene rings is 1. The molecule has 0 spiro atoms. The van der Waals surface area contributed by atoms with Gasteiger partial charge in [-0.2, -0.15) is 0 Å². The third-order valence-electron chi connectivity index (χ3n) is 5.07. The Balaban J connectivity index is 1.47. The van der Waals surface area contributed by atoms with Gasteiger partial charge in [0, 0.05) is 12.7 Å². The van der Waals surface area contributed by atoms with E-state index in [9.17, 15) is 9.59 Å². The number of nitrogens with zero attached hydrogens (tertiary/aromatic N) is 4. The number of hydrogen-bond acceptors (Lipinski definition) is 7. The highest BCUT2D eigenvalue weighted by atomic mass is 32.2. The largest absolute Gasteiger partial charge is 0.484 e. The second-order valence-electron chi connectivity index (χ2n) is 7.94. The quantitative estimate of drug-likeness (QED) is 0.402. The topological polar surface area (TPSA) is 111 Å². The molecule has 3 rings (SSSR count). The number of thioether (sulfide) groups is 1. The van der Waals surface area contributed by atoms with Crippen molar-refractivity contribution in [3.05, 3.63) is 59.5 Å². The molecule has 9 nitrogen and oxygen atoms in total. The second kappa shape index (κ2) is 12.2. The van der Waals surface area contributed by atoms with Crippen molar-refractivity contribution in [2.24, 2.45) is 0 Å². The first-order chi connectivity index (χ1) is 16.4. The van der Waals surface area contributed by atoms with E-state index in [4.69, 9.17) is 4.74 Å². The van der Waals surface area contributed by atoms with E-state index < -0.39 is 0 Å². The monoisotopic (exact) mass is 482 g/mol. The molecule has 0 atom stereocenters. The van der Waals surface area contributed by atoms with E-state index in [2.05, 4.69) is 39.7 Å². The first-order valence-corrected chi connectivity index (χ1v) is 12.1. The number of nitrogens with one attached hydrogen (secondary N) is 2. The second-order valence-corrected chi connectivity index (χ2v) is 8.88. The van der Waals surface area contributed by atoms with E-state index in [-0.39, 0.29) is 30.7 Å². The van der Waals surface area contributed by atoms with Gasteiger partial charge in [0.15, 0.2) is 17.6 Å². The molecule has 1 aromatic carbocycles. The number of carbonyl (C=O) groups excluding carboxylic acids is 2. The third-order valence-corrected chi connectivity index (χ3v) is 6.04. The number of aromatic nitrogens is 4. The van der Waals surface area contributed by atoms with E-state index in [0.29, 0.717) is 35.0 Å². The minimum Gasteiger partial charge on any atom is -0.484 e. The Morgan fingerprint density at radius 3 is 2.56 bits per heavy atom. The lowest BCUT2D eigenvalue weighted by atomic mass is 10.0. The van der Waals surface area contributed by atoms with Crippen molar-refractivity contribution >= 4 is 29.4 Å². The summed E-state index contributed by atoms with van der Waals surface area (Å²) in [5.41, 5.74) is 2.11. The zero-order valence-electron chi connectivity index (χ0n) is 19.9. The Morgan fingerprint density at radius 2 is 1.88 bits per heavy atom. The van der Waals surface area contributed by atoms with E-state index >= 15 is 0 Å². The third kappa shape index (κ3) is 7.05. The average Bonchev–Trinajstić information content (AvgIpc) is 3.23. The lowest BCUT2D eigenvalue weighted by molar-refractivity contribution is -0.123. The molecule has 0 bridgehead atoms. The summed E-state index contributed by atoms with van der Waals surface area (Å²) < 4.78 is 7.44. The number of ether oxygens (including phenoxy) is 1. The molecule has 34 heavy (non-hydrogen) atoms. The van der Waals surface area contributed by atoms with Crippen LogP contribution in [0.25, 0.3) is 0 Å². The maximum atomic E-state index is 12.3. The first kappa shape index (κ1) is 25.2. The highest BCUT2D eigenvalue weighted by Crippen LogP contribution is 2.19. The number of pyridine rings is 1. The maximum absolute atomic E-state index is 12.3. The Kier molecular flexibility index (Phi) is 9.03. The Bertz CT molecular complexity index is 1110. The molecular weight excluding hydrogens is 452 g/mol. The van der Waals surface area contributed by atoms with Crippen molar-refractivity contribution in [1.82, 2.24) is 25.1 Å². The van der Waals surface area contributed by atoms with Gasteiger partial charge in [0.05, 0.1) is 12.3 Å². The van der Waals surface area contributed by atoms with Crippen molar-refractivity contribution in [2.45, 2.75) is 51.9 Å². The summed E-state index contributed by atoms with van der Waals surface area (Å²) in [7, 11) is 0. The summed E-state index contributed by atoms with van der Waals surface area (Å²) in [6.07, 6.45) is 1.64. The van der Waals surface area contributed by atoms with Gasteiger partial charge in [-0.25, -0.2) is 4.98 Å². The van der Waals surface area contributed by atoms with Gasteiger partial charge in [0.2, 0.25) is 5.91 Å². The first-order valence-electron chi connectivity index (χ1n) is 11.1. The van der Waals surface area contributed by atoms with Crippen molar-refractivity contribution in [3.8, 4) is 5.75 Å². The van der Waals surface area contributed by atoms with Crippen LogP contribution in [0, 0.1) is 6.92 Å². The number of rotatable bonds is 11. The van der Waals surface area contributed by atoms with Gasteiger partial charge in [-0.05, 0) is 49.1 Å². The molecule has 3 aromatic rings. The van der Waals surface area contributed by atoms with E-state index in [1.807, 2.05) is 54.8 Å². The summed E-state index contributed by atoms with van der Waals surface area (Å²) in [6, 6.07) is 11.4. The average molecular weight is 483 g/mol. The molecule has 2 heterocycles. The molecule has 0 saturated carbocycles. The van der Waals surface area contributed by atoms with Gasteiger partial charge in [0.25, 0.3) is 5.91 Å². The predicted octanol–water partition coefficient (Wildman–Crippen LogP) is 3.55. The fourth-order valence-corrected chi connectivity index (χ4v) is 3.94. The summed E-state index contributed by atoms with van der Waals surface area (Å²) >= 11 is 1.28. The van der Waals surface area contributed by atoms with Gasteiger partial charge < -0.3 is 19.9 Å². The van der Waals surface area contributed by atoms with Crippen LogP contribution < -0.4 is 15.4 Å². The van der Waals surface area contributed by atoms with Crippen molar-refractivity contribution in [2.75, 3.05) is 17.7 Å².